The van der Waals surface area contributed by atoms with E-state index in [2.05, 4.69) is 39.6 Å². The molecule has 0 spiro atoms. The lowest BCUT2D eigenvalue weighted by Gasteiger charge is -2.20. The number of benzene rings is 1. The third-order valence-corrected chi connectivity index (χ3v) is 5.05. The molecule has 0 amide bonds. The van der Waals surface area contributed by atoms with Crippen molar-refractivity contribution in [1.29, 1.82) is 0 Å². The zero-order chi connectivity index (χ0) is 14.5. The van der Waals surface area contributed by atoms with Crippen LogP contribution in [0.15, 0.2) is 29.4 Å². The van der Waals surface area contributed by atoms with Gasteiger partial charge in [-0.05, 0) is 37.8 Å². The number of thioether (sulfide) groups is 1. The fraction of sp³-hybridized carbons (Fsp3) is 0.500. The molecule has 1 saturated carbocycles. The van der Waals surface area contributed by atoms with Crippen molar-refractivity contribution < 1.29 is 0 Å². The zero-order valence-corrected chi connectivity index (χ0v) is 13.2. The SMILES string of the molecule is Cc1ccc(Nc2n[nH]c(SCC3CCCCC3)n2)cc1. The molecule has 0 aliphatic heterocycles. The van der Waals surface area contributed by atoms with E-state index in [1.807, 2.05) is 12.1 Å². The highest BCUT2D eigenvalue weighted by Gasteiger charge is 2.14. The Morgan fingerprint density at radius 1 is 1.19 bits per heavy atom. The molecule has 1 aromatic heterocycles. The van der Waals surface area contributed by atoms with Crippen LogP contribution < -0.4 is 5.32 Å². The third-order valence-electron chi connectivity index (χ3n) is 3.95. The van der Waals surface area contributed by atoms with Crippen molar-refractivity contribution in [3.63, 3.8) is 0 Å². The van der Waals surface area contributed by atoms with Gasteiger partial charge in [-0.25, -0.2) is 0 Å². The van der Waals surface area contributed by atoms with Crippen LogP contribution in [0.3, 0.4) is 0 Å². The van der Waals surface area contributed by atoms with Gasteiger partial charge < -0.3 is 5.32 Å². The highest BCUT2D eigenvalue weighted by molar-refractivity contribution is 7.99. The van der Waals surface area contributed by atoms with Crippen LogP contribution in [0, 0.1) is 12.8 Å². The van der Waals surface area contributed by atoms with Crippen LogP contribution in [-0.4, -0.2) is 20.9 Å². The Hall–Kier alpha value is -1.49. The van der Waals surface area contributed by atoms with Crippen LogP contribution >= 0.6 is 11.8 Å². The van der Waals surface area contributed by atoms with Crippen molar-refractivity contribution >= 4 is 23.4 Å². The van der Waals surface area contributed by atoms with Crippen LogP contribution in [0.4, 0.5) is 11.6 Å². The number of hydrogen-bond acceptors (Lipinski definition) is 4. The summed E-state index contributed by atoms with van der Waals surface area (Å²) in [5, 5.41) is 11.4. The normalized spacial score (nSPS) is 16.0. The van der Waals surface area contributed by atoms with Crippen LogP contribution in [0.25, 0.3) is 0 Å². The van der Waals surface area contributed by atoms with Crippen molar-refractivity contribution in [3.05, 3.63) is 29.8 Å². The van der Waals surface area contributed by atoms with E-state index in [1.165, 1.54) is 37.7 Å². The molecule has 0 radical (unpaired) electrons. The van der Waals surface area contributed by atoms with Gasteiger partial charge in [0.05, 0.1) is 0 Å². The maximum atomic E-state index is 4.50. The van der Waals surface area contributed by atoms with Gasteiger partial charge in [0, 0.05) is 11.4 Å². The molecule has 0 atom stereocenters. The first-order chi connectivity index (χ1) is 10.3. The van der Waals surface area contributed by atoms with Gasteiger partial charge in [-0.3, -0.25) is 5.10 Å². The molecule has 112 valence electrons. The Morgan fingerprint density at radius 2 is 1.95 bits per heavy atom. The summed E-state index contributed by atoms with van der Waals surface area (Å²) >= 11 is 1.79. The molecule has 3 rings (SSSR count). The molecule has 2 N–H and O–H groups in total. The molecule has 5 heteroatoms. The minimum absolute atomic E-state index is 0.644. The van der Waals surface area contributed by atoms with E-state index in [-0.39, 0.29) is 0 Å². The molecule has 1 fully saturated rings. The lowest BCUT2D eigenvalue weighted by atomic mass is 9.91. The molecule has 0 bridgehead atoms. The minimum Gasteiger partial charge on any atom is -0.323 e. The van der Waals surface area contributed by atoms with Crippen molar-refractivity contribution in [2.24, 2.45) is 5.92 Å². The zero-order valence-electron chi connectivity index (χ0n) is 12.4. The van der Waals surface area contributed by atoms with E-state index >= 15 is 0 Å². The second-order valence-corrected chi connectivity index (χ2v) is 6.78. The first-order valence-corrected chi connectivity index (χ1v) is 8.67. The van der Waals surface area contributed by atoms with Gasteiger partial charge in [-0.1, -0.05) is 48.7 Å². The summed E-state index contributed by atoms with van der Waals surface area (Å²) in [6.07, 6.45) is 6.93. The molecule has 1 aliphatic rings. The Kier molecular flexibility index (Phi) is 4.80. The molecule has 0 saturated heterocycles. The monoisotopic (exact) mass is 302 g/mol. The number of nitrogens with one attached hydrogen (secondary N) is 2. The molecule has 0 unspecified atom stereocenters. The smallest absolute Gasteiger partial charge is 0.247 e. The Labute approximate surface area is 130 Å². The average molecular weight is 302 g/mol. The molecular formula is C16H22N4S. The van der Waals surface area contributed by atoms with Gasteiger partial charge in [-0.2, -0.15) is 4.98 Å². The van der Waals surface area contributed by atoms with Crippen molar-refractivity contribution in [1.82, 2.24) is 15.2 Å². The number of hydrogen-bond donors (Lipinski definition) is 2. The molecule has 4 nitrogen and oxygen atoms in total. The van der Waals surface area contributed by atoms with Gasteiger partial charge in [0.15, 0.2) is 5.16 Å². The van der Waals surface area contributed by atoms with E-state index in [9.17, 15) is 0 Å². The van der Waals surface area contributed by atoms with Crippen LogP contribution in [0.1, 0.15) is 37.7 Å². The minimum atomic E-state index is 0.644. The summed E-state index contributed by atoms with van der Waals surface area (Å²) in [5.74, 6) is 2.64. The Balaban J connectivity index is 1.52. The summed E-state index contributed by atoms with van der Waals surface area (Å²) in [4.78, 5) is 4.50. The maximum absolute atomic E-state index is 4.50. The summed E-state index contributed by atoms with van der Waals surface area (Å²) in [7, 11) is 0. The van der Waals surface area contributed by atoms with Gasteiger partial charge in [-0.15, -0.1) is 5.10 Å². The number of aryl methyl sites for hydroxylation is 1. The standard InChI is InChI=1S/C16H22N4S/c1-12-7-9-14(10-8-12)17-15-18-16(20-19-15)21-11-13-5-3-2-4-6-13/h7-10,13H,2-6,11H2,1H3,(H2,17,18,19,20). The van der Waals surface area contributed by atoms with Crippen LogP contribution in [0.5, 0.6) is 0 Å². The molecule has 1 heterocycles. The highest BCUT2D eigenvalue weighted by Crippen LogP contribution is 2.29. The van der Waals surface area contributed by atoms with Crippen molar-refractivity contribution in [3.8, 4) is 0 Å². The van der Waals surface area contributed by atoms with E-state index in [0.29, 0.717) is 5.95 Å². The highest BCUT2D eigenvalue weighted by atomic mass is 32.2. The van der Waals surface area contributed by atoms with Gasteiger partial charge in [0.1, 0.15) is 0 Å². The Morgan fingerprint density at radius 3 is 2.71 bits per heavy atom. The number of aromatic nitrogens is 3. The first-order valence-electron chi connectivity index (χ1n) is 7.68. The van der Waals surface area contributed by atoms with E-state index in [4.69, 9.17) is 0 Å². The van der Waals surface area contributed by atoms with Gasteiger partial charge >= 0.3 is 0 Å². The summed E-state index contributed by atoms with van der Waals surface area (Å²) in [5.41, 5.74) is 2.27. The van der Waals surface area contributed by atoms with Gasteiger partial charge in [0.25, 0.3) is 0 Å². The van der Waals surface area contributed by atoms with E-state index in [1.54, 1.807) is 11.8 Å². The van der Waals surface area contributed by atoms with E-state index in [0.717, 1.165) is 22.5 Å². The van der Waals surface area contributed by atoms with Crippen LogP contribution in [0.2, 0.25) is 0 Å². The van der Waals surface area contributed by atoms with E-state index < -0.39 is 0 Å². The van der Waals surface area contributed by atoms with Crippen molar-refractivity contribution in [2.75, 3.05) is 11.1 Å². The lowest BCUT2D eigenvalue weighted by molar-refractivity contribution is 0.391. The predicted molar refractivity (Wildman–Crippen MR) is 88.1 cm³/mol. The molecule has 21 heavy (non-hydrogen) atoms. The quantitative estimate of drug-likeness (QED) is 0.797. The number of rotatable bonds is 5. The van der Waals surface area contributed by atoms with Crippen molar-refractivity contribution in [2.45, 2.75) is 44.2 Å². The number of nitrogens with zero attached hydrogens (tertiary/aromatic N) is 2. The summed E-state index contributed by atoms with van der Waals surface area (Å²) in [6, 6.07) is 8.24. The van der Waals surface area contributed by atoms with Gasteiger partial charge in [0.2, 0.25) is 5.95 Å². The number of H-pyrrole nitrogens is 1. The second-order valence-electron chi connectivity index (χ2n) is 5.77. The van der Waals surface area contributed by atoms with Crippen LogP contribution in [-0.2, 0) is 0 Å². The average Bonchev–Trinajstić information content (AvgIpc) is 2.96. The lowest BCUT2D eigenvalue weighted by Crippen LogP contribution is -2.08. The molecule has 1 aliphatic carbocycles. The number of anilines is 2. The first kappa shape index (κ1) is 14.4. The second kappa shape index (κ2) is 6.98. The predicted octanol–water partition coefficient (Wildman–Crippen LogP) is 4.53. The largest absolute Gasteiger partial charge is 0.323 e. The Bertz CT molecular complexity index is 558. The fourth-order valence-corrected chi connectivity index (χ4v) is 3.67. The molecule has 1 aromatic carbocycles. The molecule has 2 aromatic rings. The third kappa shape index (κ3) is 4.24. The fourth-order valence-electron chi connectivity index (χ4n) is 2.68. The maximum Gasteiger partial charge on any atom is 0.247 e. The molecular weight excluding hydrogens is 280 g/mol. The summed E-state index contributed by atoms with van der Waals surface area (Å²) < 4.78 is 0. The number of aromatic amines is 1. The topological polar surface area (TPSA) is 53.6 Å². The summed E-state index contributed by atoms with van der Waals surface area (Å²) in [6.45, 7) is 2.08.